The Morgan fingerprint density at radius 3 is 2.31 bits per heavy atom. The first kappa shape index (κ1) is 12.9. The fourth-order valence-electron chi connectivity index (χ4n) is 1.20. The van der Waals surface area contributed by atoms with Gasteiger partial charge in [-0.05, 0) is 19.1 Å². The summed E-state index contributed by atoms with van der Waals surface area (Å²) in [6.45, 7) is 1.15. The minimum absolute atomic E-state index is 0.0991. The Morgan fingerprint density at radius 2 is 1.94 bits per heavy atom. The second-order valence-corrected chi connectivity index (χ2v) is 3.95. The van der Waals surface area contributed by atoms with Crippen LogP contribution in [0.15, 0.2) is 16.6 Å². The first-order chi connectivity index (χ1) is 7.27. The summed E-state index contributed by atoms with van der Waals surface area (Å²) in [5.41, 5.74) is -1.70. The average Bonchev–Trinajstić information content (AvgIpc) is 2.14. The molecule has 0 bridgehead atoms. The lowest BCUT2D eigenvalue weighted by molar-refractivity contribution is -0.137. The van der Waals surface area contributed by atoms with Crippen molar-refractivity contribution >= 4 is 28.0 Å². The van der Waals surface area contributed by atoms with Crippen LogP contribution in [0.1, 0.15) is 33.2 Å². The normalized spacial score (nSPS) is 11.3. The molecule has 0 aliphatic heterocycles. The molecule has 0 saturated heterocycles. The third-order valence-electron chi connectivity index (χ3n) is 1.95. The molecule has 0 amide bonds. The Hall–Kier alpha value is -1.17. The van der Waals surface area contributed by atoms with Crippen molar-refractivity contribution in [3.63, 3.8) is 0 Å². The van der Waals surface area contributed by atoms with Crippen LogP contribution < -0.4 is 0 Å². The first-order valence-electron chi connectivity index (χ1n) is 4.14. The molecule has 0 fully saturated rings. The predicted octanol–water partition coefficient (Wildman–Crippen LogP) is 3.48. The van der Waals surface area contributed by atoms with Gasteiger partial charge in [-0.1, -0.05) is 15.9 Å². The lowest BCUT2D eigenvalue weighted by Crippen LogP contribution is -2.11. The van der Waals surface area contributed by atoms with Crippen molar-refractivity contribution in [3.05, 3.63) is 33.3 Å². The Morgan fingerprint density at radius 1 is 1.38 bits per heavy atom. The predicted molar refractivity (Wildman–Crippen MR) is 54.5 cm³/mol. The van der Waals surface area contributed by atoms with E-state index in [1.165, 1.54) is 0 Å². The fourth-order valence-corrected chi connectivity index (χ4v) is 1.84. The molecule has 6 heteroatoms. The molecular formula is C10H6BrF3O2. The number of hydrogen-bond donors (Lipinski definition) is 0. The van der Waals surface area contributed by atoms with Crippen LogP contribution in [0.2, 0.25) is 0 Å². The second-order valence-electron chi connectivity index (χ2n) is 3.09. The van der Waals surface area contributed by atoms with Crippen LogP contribution in [0, 0.1) is 0 Å². The molecule has 0 saturated carbocycles. The fraction of sp³-hybridized carbons (Fsp3) is 0.200. The van der Waals surface area contributed by atoms with E-state index >= 15 is 0 Å². The highest BCUT2D eigenvalue weighted by Gasteiger charge is 2.34. The number of carbonyl (C=O) groups is 2. The van der Waals surface area contributed by atoms with Crippen molar-refractivity contribution in [1.82, 2.24) is 0 Å². The van der Waals surface area contributed by atoms with Gasteiger partial charge in [0.1, 0.15) is 0 Å². The maximum absolute atomic E-state index is 12.5. The molecule has 1 rings (SSSR count). The quantitative estimate of drug-likeness (QED) is 0.618. The maximum Gasteiger partial charge on any atom is 0.417 e. The van der Waals surface area contributed by atoms with Gasteiger partial charge in [0, 0.05) is 15.6 Å². The van der Waals surface area contributed by atoms with E-state index in [1.54, 1.807) is 0 Å². The molecule has 2 nitrogen and oxygen atoms in total. The van der Waals surface area contributed by atoms with Gasteiger partial charge in [-0.3, -0.25) is 9.59 Å². The van der Waals surface area contributed by atoms with Crippen molar-refractivity contribution in [2.45, 2.75) is 13.1 Å². The lowest BCUT2D eigenvalue weighted by atomic mass is 10.0. The van der Waals surface area contributed by atoms with Gasteiger partial charge < -0.3 is 0 Å². The highest BCUT2D eigenvalue weighted by Crippen LogP contribution is 2.34. The average molecular weight is 295 g/mol. The molecule has 0 aliphatic rings. The Balaban J connectivity index is 3.53. The molecule has 16 heavy (non-hydrogen) atoms. The number of rotatable bonds is 2. The summed E-state index contributed by atoms with van der Waals surface area (Å²) in [6, 6.07) is 1.67. The van der Waals surface area contributed by atoms with Gasteiger partial charge in [0.2, 0.25) is 0 Å². The van der Waals surface area contributed by atoms with Crippen LogP contribution >= 0.6 is 15.9 Å². The zero-order chi connectivity index (χ0) is 12.5. The van der Waals surface area contributed by atoms with E-state index in [4.69, 9.17) is 0 Å². The topological polar surface area (TPSA) is 34.1 Å². The highest BCUT2D eigenvalue weighted by molar-refractivity contribution is 9.10. The molecule has 0 N–H and O–H groups in total. The van der Waals surface area contributed by atoms with Gasteiger partial charge in [-0.25, -0.2) is 0 Å². The molecule has 0 unspecified atom stereocenters. The molecular weight excluding hydrogens is 289 g/mol. The number of carbonyl (C=O) groups excluding carboxylic acids is 2. The summed E-state index contributed by atoms with van der Waals surface area (Å²) in [5, 5.41) is 0. The minimum Gasteiger partial charge on any atom is -0.298 e. The van der Waals surface area contributed by atoms with E-state index in [2.05, 4.69) is 15.9 Å². The highest BCUT2D eigenvalue weighted by atomic mass is 79.9. The largest absolute Gasteiger partial charge is 0.417 e. The SMILES string of the molecule is CC(=O)c1cc(C(F)(F)F)c(C=O)cc1Br. The van der Waals surface area contributed by atoms with Gasteiger partial charge in [0.05, 0.1) is 5.56 Å². The van der Waals surface area contributed by atoms with Crippen molar-refractivity contribution in [2.24, 2.45) is 0 Å². The van der Waals surface area contributed by atoms with Gasteiger partial charge in [0.15, 0.2) is 12.1 Å². The van der Waals surface area contributed by atoms with E-state index < -0.39 is 23.1 Å². The number of Topliss-reactive ketones (excluding diaryl/α,β-unsaturated/α-hetero) is 1. The summed E-state index contributed by atoms with van der Waals surface area (Å²) >= 11 is 2.94. The first-order valence-corrected chi connectivity index (χ1v) is 4.93. The Kier molecular flexibility index (Phi) is 3.52. The molecule has 0 atom stereocenters. The Labute approximate surface area is 97.6 Å². The third-order valence-corrected chi connectivity index (χ3v) is 2.61. The molecule has 0 spiro atoms. The van der Waals surface area contributed by atoms with Gasteiger partial charge in [-0.2, -0.15) is 13.2 Å². The summed E-state index contributed by atoms with van der Waals surface area (Å²) in [5.74, 6) is -0.505. The smallest absolute Gasteiger partial charge is 0.298 e. The van der Waals surface area contributed by atoms with Gasteiger partial charge in [0.25, 0.3) is 0 Å². The zero-order valence-corrected chi connectivity index (χ0v) is 9.65. The molecule has 86 valence electrons. The number of hydrogen-bond acceptors (Lipinski definition) is 2. The molecule has 0 aromatic heterocycles. The molecule has 0 radical (unpaired) electrons. The van der Waals surface area contributed by atoms with E-state index in [0.29, 0.717) is 6.07 Å². The number of halogens is 4. The third kappa shape index (κ3) is 2.49. The maximum atomic E-state index is 12.5. The molecule has 0 aliphatic carbocycles. The van der Waals surface area contributed by atoms with Gasteiger partial charge >= 0.3 is 6.18 Å². The monoisotopic (exact) mass is 294 g/mol. The summed E-state index contributed by atoms with van der Waals surface area (Å²) in [7, 11) is 0. The van der Waals surface area contributed by atoms with Crippen molar-refractivity contribution in [1.29, 1.82) is 0 Å². The van der Waals surface area contributed by atoms with Crippen LogP contribution in [0.3, 0.4) is 0 Å². The van der Waals surface area contributed by atoms with E-state index in [9.17, 15) is 22.8 Å². The molecule has 1 aromatic carbocycles. The standard InChI is InChI=1S/C10H6BrF3O2/c1-5(16)7-3-8(10(12,13)14)6(4-15)2-9(7)11/h2-4H,1H3. The van der Waals surface area contributed by atoms with Crippen molar-refractivity contribution < 1.29 is 22.8 Å². The molecule has 0 heterocycles. The van der Waals surface area contributed by atoms with E-state index in [-0.39, 0.29) is 16.3 Å². The van der Waals surface area contributed by atoms with E-state index in [1.807, 2.05) is 0 Å². The van der Waals surface area contributed by atoms with Crippen molar-refractivity contribution in [3.8, 4) is 0 Å². The summed E-state index contributed by atoms with van der Waals surface area (Å²) < 4.78 is 37.8. The minimum atomic E-state index is -4.65. The number of benzene rings is 1. The number of aldehydes is 1. The van der Waals surface area contributed by atoms with Crippen molar-refractivity contribution in [2.75, 3.05) is 0 Å². The molecule has 1 aromatic rings. The van der Waals surface area contributed by atoms with Crippen LogP contribution in [0.5, 0.6) is 0 Å². The summed E-state index contributed by atoms with van der Waals surface area (Å²) in [6.07, 6.45) is -4.54. The van der Waals surface area contributed by atoms with Crippen LogP contribution in [-0.2, 0) is 6.18 Å². The number of alkyl halides is 3. The van der Waals surface area contributed by atoms with E-state index in [0.717, 1.165) is 13.0 Å². The van der Waals surface area contributed by atoms with Crippen LogP contribution in [0.25, 0.3) is 0 Å². The van der Waals surface area contributed by atoms with Crippen LogP contribution in [0.4, 0.5) is 13.2 Å². The van der Waals surface area contributed by atoms with Crippen LogP contribution in [-0.4, -0.2) is 12.1 Å². The zero-order valence-electron chi connectivity index (χ0n) is 8.06. The Bertz CT molecular complexity index is 452. The summed E-state index contributed by atoms with van der Waals surface area (Å²) in [4.78, 5) is 21.6. The number of ketones is 1. The lowest BCUT2D eigenvalue weighted by Gasteiger charge is -2.11. The van der Waals surface area contributed by atoms with Gasteiger partial charge in [-0.15, -0.1) is 0 Å². The second kappa shape index (κ2) is 4.37.